The summed E-state index contributed by atoms with van der Waals surface area (Å²) in [5.41, 5.74) is 6.17. The number of benzene rings is 4. The van der Waals surface area contributed by atoms with E-state index in [2.05, 4.69) is 82.7 Å². The molecule has 0 bridgehead atoms. The van der Waals surface area contributed by atoms with Crippen molar-refractivity contribution in [2.75, 3.05) is 6.54 Å². The zero-order valence-electron chi connectivity index (χ0n) is 19.3. The topological polar surface area (TPSA) is 55.9 Å². The van der Waals surface area contributed by atoms with E-state index in [0.29, 0.717) is 5.71 Å². The van der Waals surface area contributed by atoms with E-state index in [0.717, 1.165) is 51.1 Å². The number of dihydropyridines is 1. The average Bonchev–Trinajstić information content (AvgIpc) is 3.46. The van der Waals surface area contributed by atoms with Gasteiger partial charge in [0.2, 0.25) is 5.71 Å². The molecule has 0 atom stereocenters. The van der Waals surface area contributed by atoms with Crippen molar-refractivity contribution >= 4 is 60.4 Å². The second-order valence-corrected chi connectivity index (χ2v) is 9.12. The van der Waals surface area contributed by atoms with Gasteiger partial charge in [0, 0.05) is 28.3 Å². The quantitative estimate of drug-likeness (QED) is 0.296. The molecule has 1 N–H and O–H groups in total. The van der Waals surface area contributed by atoms with Crippen molar-refractivity contribution in [2.24, 2.45) is 0 Å². The second kappa shape index (κ2) is 7.30. The molecule has 0 saturated heterocycles. The Morgan fingerprint density at radius 3 is 2.39 bits per heavy atom. The average molecular weight is 465 g/mol. The Bertz CT molecular complexity index is 2060. The van der Waals surface area contributed by atoms with E-state index >= 15 is 0 Å². The molecule has 1 aliphatic heterocycles. The maximum Gasteiger partial charge on any atom is 0.248 e. The van der Waals surface area contributed by atoms with Gasteiger partial charge in [-0.15, -0.1) is 0 Å². The lowest BCUT2D eigenvalue weighted by atomic mass is 10.1. The predicted molar refractivity (Wildman–Crippen MR) is 146 cm³/mol. The Morgan fingerprint density at radius 1 is 0.750 bits per heavy atom. The third-order valence-corrected chi connectivity index (χ3v) is 7.04. The number of aromatic nitrogens is 3. The van der Waals surface area contributed by atoms with Crippen LogP contribution in [-0.2, 0) is 0 Å². The molecule has 7 aromatic rings. The first kappa shape index (κ1) is 19.4. The number of nitrogens with zero attached hydrogens (tertiary/aromatic N) is 3. The minimum absolute atomic E-state index is 0.542. The highest BCUT2D eigenvalue weighted by atomic mass is 16.3. The summed E-state index contributed by atoms with van der Waals surface area (Å²) in [6.45, 7) is 0.745. The molecule has 4 heterocycles. The van der Waals surface area contributed by atoms with Gasteiger partial charge in [0.05, 0.1) is 11.0 Å². The monoisotopic (exact) mass is 464 g/mol. The Labute approximate surface area is 206 Å². The number of rotatable bonds is 2. The van der Waals surface area contributed by atoms with Crippen LogP contribution in [0, 0.1) is 0 Å². The van der Waals surface area contributed by atoms with Crippen LogP contribution < -0.4 is 5.32 Å². The standard InChI is InChI=1S/C31H20N4O/c1-2-8-21-18-26-24(17-20(21)7-1)22-9-3-5-11-25(22)35(26)30-28(19-13-15-32-16-14-19)33-29-23-10-4-6-12-27(23)36-31(29)34-30/h1-15,17-18,32H,16H2. The Hall–Kier alpha value is -4.90. The highest BCUT2D eigenvalue weighted by molar-refractivity contribution is 6.14. The molecule has 5 nitrogen and oxygen atoms in total. The summed E-state index contributed by atoms with van der Waals surface area (Å²) in [6, 6.07) is 29.5. The Kier molecular flexibility index (Phi) is 3.93. The molecule has 0 fully saturated rings. The van der Waals surface area contributed by atoms with Gasteiger partial charge in [-0.25, -0.2) is 4.98 Å². The van der Waals surface area contributed by atoms with Gasteiger partial charge in [-0.05, 0) is 53.4 Å². The maximum atomic E-state index is 6.19. The van der Waals surface area contributed by atoms with Crippen LogP contribution in [0.3, 0.4) is 0 Å². The summed E-state index contributed by atoms with van der Waals surface area (Å²) in [7, 11) is 0. The summed E-state index contributed by atoms with van der Waals surface area (Å²) < 4.78 is 8.43. The second-order valence-electron chi connectivity index (χ2n) is 9.12. The van der Waals surface area contributed by atoms with Crippen LogP contribution in [0.1, 0.15) is 5.69 Å². The summed E-state index contributed by atoms with van der Waals surface area (Å²) in [6.07, 6.45) is 6.19. The molecule has 0 aliphatic carbocycles. The molecule has 4 aromatic carbocycles. The van der Waals surface area contributed by atoms with Crippen molar-refractivity contribution in [3.63, 3.8) is 0 Å². The molecule has 0 spiro atoms. The minimum Gasteiger partial charge on any atom is -0.436 e. The number of furan rings is 1. The zero-order valence-corrected chi connectivity index (χ0v) is 19.3. The molecule has 170 valence electrons. The third-order valence-electron chi connectivity index (χ3n) is 7.04. The van der Waals surface area contributed by atoms with Gasteiger partial charge in [-0.2, -0.15) is 4.98 Å². The van der Waals surface area contributed by atoms with E-state index in [9.17, 15) is 0 Å². The number of para-hydroxylation sites is 2. The molecule has 0 radical (unpaired) electrons. The van der Waals surface area contributed by atoms with E-state index in [1.54, 1.807) is 0 Å². The number of hydrogen-bond acceptors (Lipinski definition) is 4. The Morgan fingerprint density at radius 2 is 1.53 bits per heavy atom. The van der Waals surface area contributed by atoms with Crippen molar-refractivity contribution in [1.82, 2.24) is 19.9 Å². The third kappa shape index (κ3) is 2.71. The van der Waals surface area contributed by atoms with Crippen LogP contribution in [0.15, 0.2) is 108 Å². The fourth-order valence-electron chi connectivity index (χ4n) is 5.38. The lowest BCUT2D eigenvalue weighted by Crippen LogP contribution is -2.11. The Balaban J connectivity index is 1.55. The van der Waals surface area contributed by atoms with E-state index in [1.165, 1.54) is 21.5 Å². The van der Waals surface area contributed by atoms with Crippen LogP contribution in [0.4, 0.5) is 0 Å². The normalized spacial score (nSPS) is 13.7. The van der Waals surface area contributed by atoms with Crippen LogP contribution >= 0.6 is 0 Å². The first-order valence-corrected chi connectivity index (χ1v) is 12.1. The van der Waals surface area contributed by atoms with E-state index in [1.807, 2.05) is 30.5 Å². The fourth-order valence-corrected chi connectivity index (χ4v) is 5.38. The predicted octanol–water partition coefficient (Wildman–Crippen LogP) is 7.13. The van der Waals surface area contributed by atoms with Crippen LogP contribution in [0.2, 0.25) is 0 Å². The lowest BCUT2D eigenvalue weighted by Gasteiger charge is -2.14. The van der Waals surface area contributed by atoms with Gasteiger partial charge in [0.25, 0.3) is 0 Å². The molecular formula is C31H20N4O. The lowest BCUT2D eigenvalue weighted by molar-refractivity contribution is 0.651. The summed E-state index contributed by atoms with van der Waals surface area (Å²) >= 11 is 0. The largest absolute Gasteiger partial charge is 0.436 e. The van der Waals surface area contributed by atoms with Gasteiger partial charge in [-0.1, -0.05) is 60.7 Å². The molecule has 3 aromatic heterocycles. The smallest absolute Gasteiger partial charge is 0.248 e. The fraction of sp³-hybridized carbons (Fsp3) is 0.0323. The van der Waals surface area contributed by atoms with Crippen LogP contribution in [0.25, 0.3) is 66.2 Å². The van der Waals surface area contributed by atoms with Crippen molar-refractivity contribution in [3.8, 4) is 5.82 Å². The molecule has 0 unspecified atom stereocenters. The van der Waals surface area contributed by atoms with E-state index in [-0.39, 0.29) is 0 Å². The van der Waals surface area contributed by atoms with E-state index in [4.69, 9.17) is 14.4 Å². The van der Waals surface area contributed by atoms with Gasteiger partial charge in [0.15, 0.2) is 5.82 Å². The summed E-state index contributed by atoms with van der Waals surface area (Å²) in [5, 5.41) is 9.01. The first-order chi connectivity index (χ1) is 17.8. The number of allylic oxidation sites excluding steroid dienone is 2. The van der Waals surface area contributed by atoms with Crippen molar-refractivity contribution in [1.29, 1.82) is 0 Å². The number of hydrogen-bond donors (Lipinski definition) is 1. The first-order valence-electron chi connectivity index (χ1n) is 12.1. The SMILES string of the molecule is C1=CC(c2nc3c(nc2-n2c4ccccc4c4cc5ccccc5cc42)oc2ccccc23)=CCN1. The number of fused-ring (bicyclic) bond motifs is 7. The molecule has 8 rings (SSSR count). The molecule has 5 heteroatoms. The highest BCUT2D eigenvalue weighted by Gasteiger charge is 2.22. The molecule has 0 amide bonds. The minimum atomic E-state index is 0.542. The molecular weight excluding hydrogens is 444 g/mol. The van der Waals surface area contributed by atoms with Gasteiger partial charge in [0.1, 0.15) is 16.8 Å². The molecule has 1 aliphatic rings. The summed E-state index contributed by atoms with van der Waals surface area (Å²) in [5.74, 6) is 0.765. The van der Waals surface area contributed by atoms with Crippen molar-refractivity contribution < 1.29 is 4.42 Å². The van der Waals surface area contributed by atoms with Gasteiger partial charge < -0.3 is 9.73 Å². The van der Waals surface area contributed by atoms with Crippen LogP contribution in [-0.4, -0.2) is 21.1 Å². The van der Waals surface area contributed by atoms with Crippen LogP contribution in [0.5, 0.6) is 0 Å². The highest BCUT2D eigenvalue weighted by Crippen LogP contribution is 2.37. The van der Waals surface area contributed by atoms with Gasteiger partial charge in [-0.3, -0.25) is 4.57 Å². The van der Waals surface area contributed by atoms with Crippen molar-refractivity contribution in [2.45, 2.75) is 0 Å². The van der Waals surface area contributed by atoms with Crippen molar-refractivity contribution in [3.05, 3.63) is 109 Å². The number of nitrogens with one attached hydrogen (secondary N) is 1. The molecule has 36 heavy (non-hydrogen) atoms. The van der Waals surface area contributed by atoms with Gasteiger partial charge >= 0.3 is 0 Å². The maximum absolute atomic E-state index is 6.19. The summed E-state index contributed by atoms with van der Waals surface area (Å²) in [4.78, 5) is 10.3. The molecule has 0 saturated carbocycles. The van der Waals surface area contributed by atoms with E-state index < -0.39 is 0 Å². The zero-order chi connectivity index (χ0) is 23.6.